The van der Waals surface area contributed by atoms with Gasteiger partial charge in [0.2, 0.25) is 0 Å². The van der Waals surface area contributed by atoms with Crippen molar-refractivity contribution in [3.63, 3.8) is 0 Å². The van der Waals surface area contributed by atoms with Gasteiger partial charge in [-0.1, -0.05) is 12.6 Å². The molecule has 1 aromatic carbocycles. The summed E-state index contributed by atoms with van der Waals surface area (Å²) in [5.74, 6) is 0.448. The quantitative estimate of drug-likeness (QED) is 0.692. The van der Waals surface area contributed by atoms with Gasteiger partial charge < -0.3 is 4.74 Å². The van der Waals surface area contributed by atoms with Gasteiger partial charge in [-0.2, -0.15) is 10.4 Å². The second-order valence-corrected chi connectivity index (χ2v) is 4.63. The van der Waals surface area contributed by atoms with Crippen LogP contribution in [-0.4, -0.2) is 21.4 Å². The zero-order valence-electron chi connectivity index (χ0n) is 12.2. The Morgan fingerprint density at radius 3 is 3.00 bits per heavy atom. The standard InChI is InChI=1S/C17H14N4O/c1-3-22-12(2)14-11-20-21(17(14)10-18)16-8-4-7-15-13(16)6-5-9-19-15/h4-9,11H,2-3H2,1H3. The molecule has 2 aromatic heterocycles. The van der Waals surface area contributed by atoms with Gasteiger partial charge in [0.25, 0.3) is 0 Å². The first-order valence-electron chi connectivity index (χ1n) is 6.90. The minimum atomic E-state index is 0.398. The Morgan fingerprint density at radius 1 is 1.36 bits per heavy atom. The van der Waals surface area contributed by atoms with Crippen molar-refractivity contribution >= 4 is 16.7 Å². The van der Waals surface area contributed by atoms with E-state index in [4.69, 9.17) is 4.74 Å². The lowest BCUT2D eigenvalue weighted by Crippen LogP contribution is -2.02. The van der Waals surface area contributed by atoms with Gasteiger partial charge in [0.15, 0.2) is 5.69 Å². The minimum absolute atomic E-state index is 0.398. The third-order valence-corrected chi connectivity index (χ3v) is 3.34. The molecule has 108 valence electrons. The fraction of sp³-hybridized carbons (Fsp3) is 0.118. The number of pyridine rings is 1. The number of ether oxygens (including phenoxy) is 1. The molecular weight excluding hydrogens is 276 g/mol. The van der Waals surface area contributed by atoms with Crippen LogP contribution in [0.2, 0.25) is 0 Å². The van der Waals surface area contributed by atoms with Gasteiger partial charge in [-0.3, -0.25) is 4.98 Å². The van der Waals surface area contributed by atoms with Gasteiger partial charge in [-0.15, -0.1) is 0 Å². The molecule has 0 bridgehead atoms. The monoisotopic (exact) mass is 290 g/mol. The molecule has 0 aliphatic rings. The predicted octanol–water partition coefficient (Wildman–Crippen LogP) is 3.30. The van der Waals surface area contributed by atoms with E-state index in [1.54, 1.807) is 17.1 Å². The highest BCUT2D eigenvalue weighted by Gasteiger charge is 2.16. The van der Waals surface area contributed by atoms with Crippen LogP contribution in [0.5, 0.6) is 0 Å². The maximum atomic E-state index is 9.52. The van der Waals surface area contributed by atoms with E-state index in [-0.39, 0.29) is 0 Å². The van der Waals surface area contributed by atoms with Gasteiger partial charge >= 0.3 is 0 Å². The van der Waals surface area contributed by atoms with Crippen molar-refractivity contribution in [1.29, 1.82) is 5.26 Å². The molecule has 0 saturated heterocycles. The van der Waals surface area contributed by atoms with Crippen molar-refractivity contribution < 1.29 is 4.74 Å². The van der Waals surface area contributed by atoms with Crippen LogP contribution >= 0.6 is 0 Å². The number of nitrogens with zero attached hydrogens (tertiary/aromatic N) is 4. The van der Waals surface area contributed by atoms with E-state index in [0.29, 0.717) is 23.6 Å². The minimum Gasteiger partial charge on any atom is -0.494 e. The van der Waals surface area contributed by atoms with Crippen LogP contribution in [0, 0.1) is 11.3 Å². The number of nitriles is 1. The molecule has 22 heavy (non-hydrogen) atoms. The molecule has 0 N–H and O–H groups in total. The van der Waals surface area contributed by atoms with E-state index in [9.17, 15) is 5.26 Å². The fourth-order valence-electron chi connectivity index (χ4n) is 2.37. The lowest BCUT2D eigenvalue weighted by molar-refractivity contribution is 0.299. The van der Waals surface area contributed by atoms with Gasteiger partial charge in [0.1, 0.15) is 11.8 Å². The Bertz CT molecular complexity index is 884. The molecule has 2 heterocycles. The Labute approximate surface area is 128 Å². The molecule has 5 nitrogen and oxygen atoms in total. The van der Waals surface area contributed by atoms with E-state index >= 15 is 0 Å². The molecule has 3 aromatic rings. The number of benzene rings is 1. The van der Waals surface area contributed by atoms with Crippen molar-refractivity contribution in [2.24, 2.45) is 0 Å². The zero-order valence-corrected chi connectivity index (χ0v) is 12.2. The second kappa shape index (κ2) is 5.70. The van der Waals surface area contributed by atoms with Crippen LogP contribution in [0.4, 0.5) is 0 Å². The second-order valence-electron chi connectivity index (χ2n) is 4.63. The van der Waals surface area contributed by atoms with Crippen LogP contribution in [0.25, 0.3) is 22.3 Å². The highest BCUT2D eigenvalue weighted by Crippen LogP contribution is 2.25. The van der Waals surface area contributed by atoms with Crippen molar-refractivity contribution in [2.45, 2.75) is 6.92 Å². The smallest absolute Gasteiger partial charge is 0.155 e. The molecule has 5 heteroatoms. The topological polar surface area (TPSA) is 63.7 Å². The fourth-order valence-corrected chi connectivity index (χ4v) is 2.37. The van der Waals surface area contributed by atoms with Crippen LogP contribution in [0.3, 0.4) is 0 Å². The van der Waals surface area contributed by atoms with E-state index in [0.717, 1.165) is 16.6 Å². The molecular formula is C17H14N4O. The first-order valence-corrected chi connectivity index (χ1v) is 6.90. The predicted molar refractivity (Wildman–Crippen MR) is 84.2 cm³/mol. The molecule has 0 amide bonds. The van der Waals surface area contributed by atoms with E-state index < -0.39 is 0 Å². The summed E-state index contributed by atoms with van der Waals surface area (Å²) < 4.78 is 7.00. The lowest BCUT2D eigenvalue weighted by atomic mass is 10.1. The molecule has 0 spiro atoms. The van der Waals surface area contributed by atoms with Gasteiger partial charge in [-0.25, -0.2) is 4.68 Å². The van der Waals surface area contributed by atoms with E-state index in [1.807, 2.05) is 37.3 Å². The average Bonchev–Trinajstić information content (AvgIpc) is 2.98. The largest absolute Gasteiger partial charge is 0.494 e. The maximum Gasteiger partial charge on any atom is 0.155 e. The molecule has 0 fully saturated rings. The van der Waals surface area contributed by atoms with Crippen molar-refractivity contribution in [1.82, 2.24) is 14.8 Å². The van der Waals surface area contributed by atoms with Crippen molar-refractivity contribution in [3.05, 3.63) is 60.6 Å². The average molecular weight is 290 g/mol. The Hall–Kier alpha value is -3.13. The van der Waals surface area contributed by atoms with Crippen LogP contribution in [0.1, 0.15) is 18.2 Å². The summed E-state index contributed by atoms with van der Waals surface area (Å²) in [5, 5.41) is 14.8. The summed E-state index contributed by atoms with van der Waals surface area (Å²) in [6.45, 7) is 6.22. The SMILES string of the molecule is C=C(OCC)c1cnn(-c2cccc3ncccc23)c1C#N. The zero-order chi connectivity index (χ0) is 15.5. The molecule has 0 unspecified atom stereocenters. The molecule has 0 aliphatic heterocycles. The summed E-state index contributed by atoms with van der Waals surface area (Å²) in [7, 11) is 0. The summed E-state index contributed by atoms with van der Waals surface area (Å²) >= 11 is 0. The van der Waals surface area contributed by atoms with Gasteiger partial charge in [-0.05, 0) is 31.2 Å². The number of fused-ring (bicyclic) bond motifs is 1. The third kappa shape index (κ3) is 2.21. The normalized spacial score (nSPS) is 10.4. The van der Waals surface area contributed by atoms with Crippen LogP contribution < -0.4 is 0 Å². The molecule has 0 saturated carbocycles. The highest BCUT2D eigenvalue weighted by molar-refractivity contribution is 5.87. The molecule has 0 aliphatic carbocycles. The molecule has 0 radical (unpaired) electrons. The summed E-state index contributed by atoms with van der Waals surface area (Å²) in [4.78, 5) is 4.33. The molecule has 3 rings (SSSR count). The van der Waals surface area contributed by atoms with Gasteiger partial charge in [0.05, 0.1) is 29.6 Å². The molecule has 0 atom stereocenters. The Balaban J connectivity index is 2.20. The number of aromatic nitrogens is 3. The summed E-state index contributed by atoms with van der Waals surface area (Å²) in [6.07, 6.45) is 3.34. The van der Waals surface area contributed by atoms with Crippen molar-refractivity contribution in [2.75, 3.05) is 6.61 Å². The summed E-state index contributed by atoms with van der Waals surface area (Å²) in [5.41, 5.74) is 2.65. The lowest BCUT2D eigenvalue weighted by Gasteiger charge is -2.08. The Morgan fingerprint density at radius 2 is 2.23 bits per heavy atom. The Kier molecular flexibility index (Phi) is 3.58. The van der Waals surface area contributed by atoms with E-state index in [1.165, 1.54) is 0 Å². The highest BCUT2D eigenvalue weighted by atomic mass is 16.5. The van der Waals surface area contributed by atoms with Crippen LogP contribution in [0.15, 0.2) is 49.3 Å². The number of hydrogen-bond donors (Lipinski definition) is 0. The number of hydrogen-bond acceptors (Lipinski definition) is 4. The van der Waals surface area contributed by atoms with Crippen molar-refractivity contribution in [3.8, 4) is 11.8 Å². The maximum absolute atomic E-state index is 9.52. The third-order valence-electron chi connectivity index (χ3n) is 3.34. The van der Waals surface area contributed by atoms with Crippen LogP contribution in [-0.2, 0) is 4.74 Å². The first-order chi connectivity index (χ1) is 10.8. The van der Waals surface area contributed by atoms with E-state index in [2.05, 4.69) is 22.7 Å². The first kappa shape index (κ1) is 13.8. The van der Waals surface area contributed by atoms with Gasteiger partial charge in [0, 0.05) is 11.6 Å². The number of rotatable bonds is 4. The summed E-state index contributed by atoms with van der Waals surface area (Å²) in [6, 6.07) is 11.7.